The monoisotopic (exact) mass is 286 g/mol. The van der Waals surface area contributed by atoms with E-state index in [0.29, 0.717) is 10.9 Å². The van der Waals surface area contributed by atoms with Gasteiger partial charge in [0.25, 0.3) is 0 Å². The van der Waals surface area contributed by atoms with Crippen LogP contribution in [0.15, 0.2) is 12.1 Å². The molecular formula is C9H10ClF3N2OS. The minimum absolute atomic E-state index is 0.161. The molecule has 96 valence electrons. The van der Waals surface area contributed by atoms with Gasteiger partial charge in [-0.1, -0.05) is 11.6 Å². The van der Waals surface area contributed by atoms with Crippen LogP contribution in [0.25, 0.3) is 0 Å². The summed E-state index contributed by atoms with van der Waals surface area (Å²) in [5.74, 6) is -0.690. The van der Waals surface area contributed by atoms with Gasteiger partial charge in [-0.3, -0.25) is 4.79 Å². The Morgan fingerprint density at radius 1 is 1.41 bits per heavy atom. The van der Waals surface area contributed by atoms with Crippen molar-refractivity contribution in [2.24, 2.45) is 0 Å². The van der Waals surface area contributed by atoms with Gasteiger partial charge in [0.05, 0.1) is 10.9 Å². The molecule has 0 unspecified atom stereocenters. The lowest BCUT2D eigenvalue weighted by Crippen LogP contribution is -2.39. The summed E-state index contributed by atoms with van der Waals surface area (Å²) in [4.78, 5) is 11.9. The highest BCUT2D eigenvalue weighted by molar-refractivity contribution is 7.16. The van der Waals surface area contributed by atoms with Crippen LogP contribution in [0.1, 0.15) is 4.88 Å². The van der Waals surface area contributed by atoms with Gasteiger partial charge < -0.3 is 10.6 Å². The topological polar surface area (TPSA) is 41.1 Å². The summed E-state index contributed by atoms with van der Waals surface area (Å²) >= 11 is 7.04. The van der Waals surface area contributed by atoms with Crippen molar-refractivity contribution in [3.8, 4) is 0 Å². The minimum atomic E-state index is -4.38. The number of amides is 1. The Hall–Kier alpha value is -0.790. The van der Waals surface area contributed by atoms with E-state index in [4.69, 9.17) is 11.6 Å². The minimum Gasteiger partial charge on any atom is -0.346 e. The van der Waals surface area contributed by atoms with Crippen molar-refractivity contribution in [3.63, 3.8) is 0 Å². The first-order chi connectivity index (χ1) is 7.87. The van der Waals surface area contributed by atoms with E-state index < -0.39 is 18.6 Å². The SMILES string of the molecule is O=C(CNCc1ccc(Cl)s1)NCC(F)(F)F. The van der Waals surface area contributed by atoms with Crippen molar-refractivity contribution in [1.29, 1.82) is 0 Å². The summed E-state index contributed by atoms with van der Waals surface area (Å²) in [7, 11) is 0. The zero-order valence-electron chi connectivity index (χ0n) is 8.60. The largest absolute Gasteiger partial charge is 0.405 e. The zero-order valence-corrected chi connectivity index (χ0v) is 10.2. The highest BCUT2D eigenvalue weighted by Crippen LogP contribution is 2.20. The molecule has 0 aliphatic rings. The van der Waals surface area contributed by atoms with Crippen LogP contribution >= 0.6 is 22.9 Å². The molecule has 1 amide bonds. The number of halogens is 4. The molecule has 1 rings (SSSR count). The fourth-order valence-electron chi connectivity index (χ4n) is 1.01. The van der Waals surface area contributed by atoms with Crippen LogP contribution in [0.5, 0.6) is 0 Å². The van der Waals surface area contributed by atoms with Crippen LogP contribution in [-0.4, -0.2) is 25.2 Å². The van der Waals surface area contributed by atoms with Gasteiger partial charge in [-0.05, 0) is 12.1 Å². The Morgan fingerprint density at radius 3 is 2.65 bits per heavy atom. The van der Waals surface area contributed by atoms with E-state index in [1.807, 2.05) is 0 Å². The number of hydrogen-bond acceptors (Lipinski definition) is 3. The van der Waals surface area contributed by atoms with E-state index in [1.165, 1.54) is 11.3 Å². The average Bonchev–Trinajstić information content (AvgIpc) is 2.60. The third-order valence-electron chi connectivity index (χ3n) is 1.70. The van der Waals surface area contributed by atoms with E-state index >= 15 is 0 Å². The third kappa shape index (κ3) is 6.50. The maximum Gasteiger partial charge on any atom is 0.405 e. The molecule has 8 heteroatoms. The quantitative estimate of drug-likeness (QED) is 0.871. The van der Waals surface area contributed by atoms with Gasteiger partial charge in [0.1, 0.15) is 6.54 Å². The molecule has 17 heavy (non-hydrogen) atoms. The second-order valence-electron chi connectivity index (χ2n) is 3.20. The van der Waals surface area contributed by atoms with Gasteiger partial charge in [-0.25, -0.2) is 0 Å². The lowest BCUT2D eigenvalue weighted by atomic mass is 10.4. The van der Waals surface area contributed by atoms with Gasteiger partial charge in [-0.2, -0.15) is 13.2 Å². The van der Waals surface area contributed by atoms with Gasteiger partial charge in [0.2, 0.25) is 5.91 Å². The number of nitrogens with one attached hydrogen (secondary N) is 2. The van der Waals surface area contributed by atoms with Crippen LogP contribution in [0, 0.1) is 0 Å². The molecule has 0 fully saturated rings. The van der Waals surface area contributed by atoms with Crippen molar-refractivity contribution in [2.45, 2.75) is 12.7 Å². The van der Waals surface area contributed by atoms with Crippen LogP contribution in [0.2, 0.25) is 4.34 Å². The number of rotatable bonds is 5. The second-order valence-corrected chi connectivity index (χ2v) is 5.00. The van der Waals surface area contributed by atoms with E-state index in [9.17, 15) is 18.0 Å². The van der Waals surface area contributed by atoms with Crippen molar-refractivity contribution >= 4 is 28.8 Å². The summed E-state index contributed by atoms with van der Waals surface area (Å²) in [6.45, 7) is -1.07. The molecule has 1 aromatic rings. The van der Waals surface area contributed by atoms with Gasteiger partial charge in [-0.15, -0.1) is 11.3 Å². The molecule has 0 aliphatic carbocycles. The second kappa shape index (κ2) is 6.23. The molecule has 0 aromatic carbocycles. The molecular weight excluding hydrogens is 277 g/mol. The maximum absolute atomic E-state index is 11.8. The van der Waals surface area contributed by atoms with E-state index in [0.717, 1.165) is 4.88 Å². The first-order valence-electron chi connectivity index (χ1n) is 4.65. The number of hydrogen-bond donors (Lipinski definition) is 2. The Bertz CT molecular complexity index is 381. The van der Waals surface area contributed by atoms with Crippen LogP contribution in [-0.2, 0) is 11.3 Å². The van der Waals surface area contributed by atoms with Crippen molar-refractivity contribution in [3.05, 3.63) is 21.3 Å². The van der Waals surface area contributed by atoms with E-state index in [1.54, 1.807) is 17.4 Å². The summed E-state index contributed by atoms with van der Waals surface area (Å²) in [5, 5.41) is 4.49. The fourth-order valence-corrected chi connectivity index (χ4v) is 2.06. The zero-order chi connectivity index (χ0) is 12.9. The van der Waals surface area contributed by atoms with Crippen LogP contribution < -0.4 is 10.6 Å². The Morgan fingerprint density at radius 2 is 2.12 bits per heavy atom. The van der Waals surface area contributed by atoms with Crippen LogP contribution in [0.4, 0.5) is 13.2 Å². The van der Waals surface area contributed by atoms with E-state index in [-0.39, 0.29) is 6.54 Å². The molecule has 0 atom stereocenters. The Balaban J connectivity index is 2.16. The Kier molecular flexibility index (Phi) is 5.23. The number of carbonyl (C=O) groups excluding carboxylic acids is 1. The maximum atomic E-state index is 11.8. The first-order valence-corrected chi connectivity index (χ1v) is 5.84. The highest BCUT2D eigenvalue weighted by Gasteiger charge is 2.27. The third-order valence-corrected chi connectivity index (χ3v) is 2.93. The molecule has 1 heterocycles. The van der Waals surface area contributed by atoms with Crippen molar-refractivity contribution in [2.75, 3.05) is 13.1 Å². The molecule has 0 radical (unpaired) electrons. The van der Waals surface area contributed by atoms with Crippen molar-refractivity contribution in [1.82, 2.24) is 10.6 Å². The molecule has 3 nitrogen and oxygen atoms in total. The Labute approximate surface area is 105 Å². The predicted octanol–water partition coefficient (Wildman–Crippen LogP) is 2.17. The standard InChI is InChI=1S/C9H10ClF3N2OS/c10-7-2-1-6(17-7)3-14-4-8(16)15-5-9(11,12)13/h1-2,14H,3-5H2,(H,15,16). The lowest BCUT2D eigenvalue weighted by Gasteiger charge is -2.08. The molecule has 2 N–H and O–H groups in total. The van der Waals surface area contributed by atoms with Gasteiger partial charge in [0, 0.05) is 11.4 Å². The summed E-state index contributed by atoms with van der Waals surface area (Å²) < 4.78 is 35.9. The van der Waals surface area contributed by atoms with Gasteiger partial charge in [0.15, 0.2) is 0 Å². The fraction of sp³-hybridized carbons (Fsp3) is 0.444. The smallest absolute Gasteiger partial charge is 0.346 e. The molecule has 0 spiro atoms. The summed E-state index contributed by atoms with van der Waals surface area (Å²) in [6, 6.07) is 3.50. The predicted molar refractivity (Wildman–Crippen MR) is 60.1 cm³/mol. The van der Waals surface area contributed by atoms with E-state index in [2.05, 4.69) is 5.32 Å². The summed E-state index contributed by atoms with van der Waals surface area (Å²) in [6.07, 6.45) is -4.38. The molecule has 1 aromatic heterocycles. The average molecular weight is 287 g/mol. The van der Waals surface area contributed by atoms with Gasteiger partial charge >= 0.3 is 6.18 Å². The molecule has 0 bridgehead atoms. The van der Waals surface area contributed by atoms with Crippen molar-refractivity contribution < 1.29 is 18.0 Å². The highest BCUT2D eigenvalue weighted by atomic mass is 35.5. The van der Waals surface area contributed by atoms with Crippen LogP contribution in [0.3, 0.4) is 0 Å². The molecule has 0 aliphatic heterocycles. The lowest BCUT2D eigenvalue weighted by molar-refractivity contribution is -0.137. The number of alkyl halides is 3. The molecule has 0 saturated heterocycles. The molecule has 0 saturated carbocycles. The first kappa shape index (κ1) is 14.3. The summed E-state index contributed by atoms with van der Waals surface area (Å²) in [5.41, 5.74) is 0. The number of carbonyl (C=O) groups is 1. The number of thiophene rings is 1. The normalized spacial score (nSPS) is 11.5.